The Labute approximate surface area is 161 Å². The molecular weight excluding hydrogens is 340 g/mol. The molecule has 0 aliphatic carbocycles. The van der Waals surface area contributed by atoms with E-state index >= 15 is 0 Å². The Hall–Kier alpha value is -2.34. The van der Waals surface area contributed by atoms with Gasteiger partial charge in [-0.1, -0.05) is 29.4 Å². The molecular formula is C21H30N4O2. The number of benzene rings is 1. The van der Waals surface area contributed by atoms with Crippen LogP contribution in [0.2, 0.25) is 0 Å². The second kappa shape index (κ2) is 9.04. The molecule has 1 saturated heterocycles. The van der Waals surface area contributed by atoms with Crippen molar-refractivity contribution in [2.24, 2.45) is 4.99 Å². The van der Waals surface area contributed by atoms with Gasteiger partial charge >= 0.3 is 0 Å². The number of ether oxygens (including phenoxy) is 1. The lowest BCUT2D eigenvalue weighted by molar-refractivity contribution is -0.00832. The maximum absolute atomic E-state index is 6.05. The predicted octanol–water partition coefficient (Wildman–Crippen LogP) is 3.18. The summed E-state index contributed by atoms with van der Waals surface area (Å²) in [4.78, 5) is 7.15. The Kier molecular flexibility index (Phi) is 6.50. The van der Waals surface area contributed by atoms with Crippen LogP contribution in [0.25, 0.3) is 0 Å². The summed E-state index contributed by atoms with van der Waals surface area (Å²) in [5.74, 6) is 1.84. The fourth-order valence-corrected chi connectivity index (χ4v) is 3.54. The molecule has 2 aromatic rings. The Morgan fingerprint density at radius 3 is 2.81 bits per heavy atom. The maximum Gasteiger partial charge on any atom is 0.194 e. The van der Waals surface area contributed by atoms with Crippen LogP contribution >= 0.6 is 0 Å². The summed E-state index contributed by atoms with van der Waals surface area (Å²) >= 11 is 0. The van der Waals surface area contributed by atoms with Crippen LogP contribution < -0.4 is 5.32 Å². The van der Waals surface area contributed by atoms with E-state index in [4.69, 9.17) is 14.3 Å². The molecule has 6 nitrogen and oxygen atoms in total. The van der Waals surface area contributed by atoms with Crippen LogP contribution in [0, 0.1) is 20.8 Å². The second-order valence-corrected chi connectivity index (χ2v) is 6.95. The predicted molar refractivity (Wildman–Crippen MR) is 107 cm³/mol. The molecule has 0 amide bonds. The fraction of sp³-hybridized carbons (Fsp3) is 0.524. The van der Waals surface area contributed by atoms with Crippen LogP contribution in [0.1, 0.15) is 41.2 Å². The Morgan fingerprint density at radius 1 is 1.30 bits per heavy atom. The van der Waals surface area contributed by atoms with Crippen molar-refractivity contribution in [3.8, 4) is 0 Å². The number of nitrogens with one attached hydrogen (secondary N) is 1. The lowest BCUT2D eigenvalue weighted by Gasteiger charge is -2.35. The Balaban J connectivity index is 1.69. The van der Waals surface area contributed by atoms with Gasteiger partial charge in [0.2, 0.25) is 0 Å². The van der Waals surface area contributed by atoms with Crippen molar-refractivity contribution in [2.75, 3.05) is 32.8 Å². The molecule has 146 valence electrons. The fourth-order valence-electron chi connectivity index (χ4n) is 3.54. The summed E-state index contributed by atoms with van der Waals surface area (Å²) in [5.41, 5.74) is 4.64. The lowest BCUT2D eigenvalue weighted by Crippen LogP contribution is -2.48. The summed E-state index contributed by atoms with van der Waals surface area (Å²) < 4.78 is 11.3. The molecule has 1 aliphatic heterocycles. The minimum Gasteiger partial charge on any atom is -0.370 e. The van der Waals surface area contributed by atoms with E-state index in [1.165, 1.54) is 11.1 Å². The summed E-state index contributed by atoms with van der Waals surface area (Å²) in [7, 11) is 0. The van der Waals surface area contributed by atoms with Crippen LogP contribution in [0.4, 0.5) is 0 Å². The molecule has 1 atom stereocenters. The molecule has 27 heavy (non-hydrogen) atoms. The third-order valence-corrected chi connectivity index (χ3v) is 5.04. The standard InChI is InChI=1S/C21H30N4O2/c1-5-22-21(23-11-10-19-16(3)24-27-17(19)4)25-12-13-26-20(14-25)18-9-7-6-8-15(18)2/h6-9,20H,5,10-14H2,1-4H3,(H,22,23). The van der Waals surface area contributed by atoms with Gasteiger partial charge in [-0.15, -0.1) is 0 Å². The maximum atomic E-state index is 6.05. The summed E-state index contributed by atoms with van der Waals surface area (Å²) in [6.07, 6.45) is 0.910. The number of aryl methyl sites for hydroxylation is 3. The van der Waals surface area contributed by atoms with Crippen LogP contribution in [-0.4, -0.2) is 48.8 Å². The number of hydrogen-bond donors (Lipinski definition) is 1. The second-order valence-electron chi connectivity index (χ2n) is 6.95. The third-order valence-electron chi connectivity index (χ3n) is 5.04. The number of aromatic nitrogens is 1. The minimum absolute atomic E-state index is 0.0753. The van der Waals surface area contributed by atoms with Gasteiger partial charge < -0.3 is 19.5 Å². The molecule has 0 spiro atoms. The van der Waals surface area contributed by atoms with Gasteiger partial charge in [0.1, 0.15) is 11.9 Å². The molecule has 0 bridgehead atoms. The quantitative estimate of drug-likeness (QED) is 0.647. The van der Waals surface area contributed by atoms with Crippen molar-refractivity contribution < 1.29 is 9.26 Å². The van der Waals surface area contributed by atoms with Crippen LogP contribution in [0.15, 0.2) is 33.8 Å². The average Bonchev–Trinajstić information content (AvgIpc) is 3.00. The molecule has 1 aromatic heterocycles. The molecule has 1 aliphatic rings. The van der Waals surface area contributed by atoms with E-state index < -0.39 is 0 Å². The van der Waals surface area contributed by atoms with Crippen molar-refractivity contribution in [1.29, 1.82) is 0 Å². The molecule has 3 rings (SSSR count). The first kappa shape index (κ1) is 19.4. The summed E-state index contributed by atoms with van der Waals surface area (Å²) in [5, 5.41) is 7.46. The normalized spacial score (nSPS) is 18.0. The first-order valence-electron chi connectivity index (χ1n) is 9.72. The molecule has 1 unspecified atom stereocenters. The van der Waals surface area contributed by atoms with E-state index in [0.29, 0.717) is 13.2 Å². The Bertz CT molecular complexity index is 765. The number of hydrogen-bond acceptors (Lipinski definition) is 4. The number of aliphatic imine (C=N–C) groups is 1. The van der Waals surface area contributed by atoms with Gasteiger partial charge in [0.05, 0.1) is 18.8 Å². The molecule has 1 aromatic carbocycles. The first-order valence-corrected chi connectivity index (χ1v) is 9.72. The van der Waals surface area contributed by atoms with E-state index in [2.05, 4.69) is 53.5 Å². The summed E-state index contributed by atoms with van der Waals surface area (Å²) in [6, 6.07) is 8.44. The lowest BCUT2D eigenvalue weighted by atomic mass is 10.0. The highest BCUT2D eigenvalue weighted by molar-refractivity contribution is 5.80. The van der Waals surface area contributed by atoms with Crippen molar-refractivity contribution in [1.82, 2.24) is 15.4 Å². The van der Waals surface area contributed by atoms with E-state index in [1.54, 1.807) is 0 Å². The van der Waals surface area contributed by atoms with Gasteiger partial charge in [-0.3, -0.25) is 4.99 Å². The van der Waals surface area contributed by atoms with E-state index in [0.717, 1.165) is 49.0 Å². The monoisotopic (exact) mass is 370 g/mol. The number of morpholine rings is 1. The minimum atomic E-state index is 0.0753. The Morgan fingerprint density at radius 2 is 2.11 bits per heavy atom. The molecule has 6 heteroatoms. The van der Waals surface area contributed by atoms with Crippen LogP contribution in [0.5, 0.6) is 0 Å². The molecule has 1 N–H and O–H groups in total. The van der Waals surface area contributed by atoms with E-state index in [9.17, 15) is 0 Å². The van der Waals surface area contributed by atoms with Gasteiger partial charge in [-0.25, -0.2) is 0 Å². The number of nitrogens with zero attached hydrogens (tertiary/aromatic N) is 3. The van der Waals surface area contributed by atoms with Crippen molar-refractivity contribution in [3.63, 3.8) is 0 Å². The molecule has 2 heterocycles. The molecule has 0 radical (unpaired) electrons. The van der Waals surface area contributed by atoms with Gasteiger partial charge in [0.25, 0.3) is 0 Å². The number of rotatable bonds is 5. The number of guanidine groups is 1. The smallest absolute Gasteiger partial charge is 0.194 e. The van der Waals surface area contributed by atoms with Gasteiger partial charge in [0, 0.05) is 25.2 Å². The van der Waals surface area contributed by atoms with Gasteiger partial charge in [-0.2, -0.15) is 0 Å². The van der Waals surface area contributed by atoms with Gasteiger partial charge in [0.15, 0.2) is 5.96 Å². The average molecular weight is 370 g/mol. The third kappa shape index (κ3) is 4.69. The zero-order chi connectivity index (χ0) is 19.2. The highest BCUT2D eigenvalue weighted by atomic mass is 16.5. The van der Waals surface area contributed by atoms with Crippen molar-refractivity contribution >= 4 is 5.96 Å². The van der Waals surface area contributed by atoms with Gasteiger partial charge in [-0.05, 0) is 45.2 Å². The largest absolute Gasteiger partial charge is 0.370 e. The molecule has 1 fully saturated rings. The highest BCUT2D eigenvalue weighted by Crippen LogP contribution is 2.25. The van der Waals surface area contributed by atoms with E-state index in [-0.39, 0.29) is 6.10 Å². The van der Waals surface area contributed by atoms with Crippen molar-refractivity contribution in [2.45, 2.75) is 40.2 Å². The van der Waals surface area contributed by atoms with E-state index in [1.807, 2.05) is 13.8 Å². The first-order chi connectivity index (χ1) is 13.1. The topological polar surface area (TPSA) is 62.9 Å². The van der Waals surface area contributed by atoms with Crippen molar-refractivity contribution in [3.05, 3.63) is 52.4 Å². The SMILES string of the molecule is CCNC(=NCCc1c(C)noc1C)N1CCOC(c2ccccc2C)C1. The van der Waals surface area contributed by atoms with Crippen LogP contribution in [-0.2, 0) is 11.2 Å². The highest BCUT2D eigenvalue weighted by Gasteiger charge is 2.25. The summed E-state index contributed by atoms with van der Waals surface area (Å²) in [6.45, 7) is 12.1. The zero-order valence-electron chi connectivity index (χ0n) is 16.8. The molecule has 0 saturated carbocycles. The van der Waals surface area contributed by atoms with Crippen LogP contribution in [0.3, 0.4) is 0 Å². The zero-order valence-corrected chi connectivity index (χ0v) is 16.8.